The second-order valence-electron chi connectivity index (χ2n) is 10.0. The SMILES string of the molecule is CC(=O)N(/N=C/c1cnccn1)C(=S)N1CCCCC1.CC(=O)N(/N=C/c1cnccn1)C(=S)N1CCCCC1.F[P-](F)(F)(F)(F)F.[Ga+3]. The molecule has 0 aromatic carbocycles. The van der Waals surface area contributed by atoms with Crippen LogP contribution >= 0.6 is 32.2 Å². The summed E-state index contributed by atoms with van der Waals surface area (Å²) in [6.45, 7) is 6.41. The number of halogens is 6. The molecule has 0 aliphatic carbocycles. The first-order valence-corrected chi connectivity index (χ1v) is 17.0. The van der Waals surface area contributed by atoms with Crippen molar-refractivity contribution < 1.29 is 34.8 Å². The Kier molecular flexibility index (Phi) is 16.6. The molecule has 0 unspecified atom stereocenters. The number of hydrogen-bond donors (Lipinski definition) is 0. The molecule has 2 aliphatic heterocycles. The number of likely N-dealkylation sites (tertiary alicyclic amines) is 2. The van der Waals surface area contributed by atoms with Gasteiger partial charge in [0.15, 0.2) is 10.2 Å². The van der Waals surface area contributed by atoms with Gasteiger partial charge in [0.05, 0.1) is 24.8 Å². The first-order valence-electron chi connectivity index (χ1n) is 14.2. The third-order valence-corrected chi connectivity index (χ3v) is 6.85. The van der Waals surface area contributed by atoms with Crippen LogP contribution in [0.5, 0.6) is 0 Å². The van der Waals surface area contributed by atoms with Crippen LogP contribution in [0.2, 0.25) is 0 Å². The standard InChI is InChI=1S/2C13H17N5OS.F6P.Ga/c2*1-11(19)18(13(20)17-7-3-2-4-8-17)16-10-12-9-14-5-6-15-12;1-7(2,3,4,5)6;/h2*5-6,9-10H,2-4,7-8H2,1H3;;/q;;-1;+3/b2*16-10+;;. The summed E-state index contributed by atoms with van der Waals surface area (Å²) in [4.78, 5) is 43.5. The van der Waals surface area contributed by atoms with Crippen LogP contribution in [-0.2, 0) is 9.59 Å². The van der Waals surface area contributed by atoms with E-state index in [1.54, 1.807) is 37.2 Å². The average Bonchev–Trinajstić information content (AvgIpc) is 3.01. The minimum absolute atomic E-state index is 0. The van der Waals surface area contributed by atoms with Crippen LogP contribution < -0.4 is 0 Å². The fourth-order valence-corrected chi connectivity index (χ4v) is 4.67. The Morgan fingerprint density at radius 1 is 0.688 bits per heavy atom. The number of carbonyl (C=O) groups excluding carboxylic acids is 2. The van der Waals surface area contributed by atoms with E-state index in [0.29, 0.717) is 21.6 Å². The van der Waals surface area contributed by atoms with Gasteiger partial charge in [0, 0.05) is 64.8 Å². The van der Waals surface area contributed by atoms with Gasteiger partial charge in [-0.2, -0.15) is 20.2 Å². The molecule has 0 bridgehead atoms. The van der Waals surface area contributed by atoms with Gasteiger partial charge in [-0.05, 0) is 63.0 Å². The molecule has 2 fully saturated rings. The van der Waals surface area contributed by atoms with E-state index in [9.17, 15) is 34.8 Å². The molecule has 2 aromatic rings. The van der Waals surface area contributed by atoms with Crippen molar-refractivity contribution in [2.45, 2.75) is 52.4 Å². The largest absolute Gasteiger partial charge is 3.00 e. The Morgan fingerprint density at radius 3 is 1.25 bits per heavy atom. The molecule has 22 heteroatoms. The minimum Gasteiger partial charge on any atom is 3.00 e. The van der Waals surface area contributed by atoms with E-state index >= 15 is 0 Å². The molecule has 0 spiro atoms. The number of aromatic nitrogens is 4. The van der Waals surface area contributed by atoms with Crippen molar-refractivity contribution in [3.8, 4) is 0 Å². The van der Waals surface area contributed by atoms with Crippen molar-refractivity contribution in [2.24, 2.45) is 10.2 Å². The number of amides is 2. The number of piperidine rings is 2. The Labute approximate surface area is 297 Å². The van der Waals surface area contributed by atoms with Crippen molar-refractivity contribution in [3.05, 3.63) is 48.6 Å². The van der Waals surface area contributed by atoms with E-state index in [4.69, 9.17) is 24.4 Å². The zero-order valence-corrected chi connectivity index (χ0v) is 31.0. The summed E-state index contributed by atoms with van der Waals surface area (Å²) in [7, 11) is -10.7. The minimum atomic E-state index is -10.7. The summed E-state index contributed by atoms with van der Waals surface area (Å²) in [5.74, 6) is -0.415. The zero-order valence-electron chi connectivity index (χ0n) is 26.1. The van der Waals surface area contributed by atoms with Crippen LogP contribution in [0.3, 0.4) is 0 Å². The maximum absolute atomic E-state index is 11.7. The Balaban J connectivity index is 0.000000395. The number of hydrazone groups is 2. The number of hydrogen-bond acceptors (Lipinski definition) is 10. The fourth-order valence-electron chi connectivity index (χ4n) is 3.96. The average molecular weight is 797 g/mol. The number of rotatable bonds is 4. The normalized spacial score (nSPS) is 16.2. The van der Waals surface area contributed by atoms with Crippen molar-refractivity contribution in [1.82, 2.24) is 39.8 Å². The molecule has 2 saturated heterocycles. The number of nitrogens with zero attached hydrogens (tertiary/aromatic N) is 10. The van der Waals surface area contributed by atoms with Gasteiger partial charge in [0.25, 0.3) is 0 Å². The molecule has 2 amide bonds. The van der Waals surface area contributed by atoms with Crippen LogP contribution in [0.1, 0.15) is 63.8 Å². The van der Waals surface area contributed by atoms with Gasteiger partial charge < -0.3 is 9.80 Å². The van der Waals surface area contributed by atoms with Crippen LogP contribution in [0, 0.1) is 0 Å². The van der Waals surface area contributed by atoms with E-state index < -0.39 is 7.81 Å². The Hall–Kier alpha value is -3.13. The third kappa shape index (κ3) is 19.0. The number of thiocarbonyl (C=S) groups is 2. The summed E-state index contributed by atoms with van der Waals surface area (Å²) in [6.07, 6.45) is 19.2. The molecule has 2 aromatic heterocycles. The second-order valence-corrected chi connectivity index (χ2v) is 12.7. The summed E-state index contributed by atoms with van der Waals surface area (Å²) in [5.41, 5.74) is 1.17. The predicted octanol–water partition coefficient (Wildman–Crippen LogP) is 5.86. The van der Waals surface area contributed by atoms with Gasteiger partial charge >= 0.3 is 52.8 Å². The molecule has 2 aliphatic rings. The summed E-state index contributed by atoms with van der Waals surface area (Å²) >= 11 is 10.7. The van der Waals surface area contributed by atoms with Gasteiger partial charge in [-0.25, -0.2) is 0 Å². The van der Waals surface area contributed by atoms with Crippen LogP contribution in [0.15, 0.2) is 47.4 Å². The molecule has 4 heterocycles. The van der Waals surface area contributed by atoms with Gasteiger partial charge in [-0.3, -0.25) is 29.5 Å². The number of carbonyl (C=O) groups is 2. The Bertz CT molecular complexity index is 1320. The first kappa shape index (κ1) is 42.9. The molecular formula is C26H34F6GaN10O2PS2+2. The Morgan fingerprint density at radius 2 is 1.00 bits per heavy atom. The van der Waals surface area contributed by atoms with Crippen molar-refractivity contribution in [2.75, 3.05) is 26.2 Å². The van der Waals surface area contributed by atoms with Crippen molar-refractivity contribution in [1.29, 1.82) is 0 Å². The molecular weight excluding hydrogens is 763 g/mol. The van der Waals surface area contributed by atoms with Crippen LogP contribution in [0.25, 0.3) is 0 Å². The van der Waals surface area contributed by atoms with Gasteiger partial charge in [-0.1, -0.05) is 0 Å². The molecule has 48 heavy (non-hydrogen) atoms. The monoisotopic (exact) mass is 796 g/mol. The fraction of sp³-hybridized carbons (Fsp3) is 0.462. The summed E-state index contributed by atoms with van der Waals surface area (Å²) < 4.78 is 59.2. The van der Waals surface area contributed by atoms with E-state index in [2.05, 4.69) is 30.1 Å². The molecule has 12 nitrogen and oxygen atoms in total. The van der Waals surface area contributed by atoms with Crippen molar-refractivity contribution >= 4 is 86.5 Å². The van der Waals surface area contributed by atoms with Gasteiger partial charge in [0.2, 0.25) is 11.8 Å². The topological polar surface area (TPSA) is 123 Å². The molecule has 0 N–H and O–H groups in total. The molecule has 4 rings (SSSR count). The molecule has 260 valence electrons. The summed E-state index contributed by atoms with van der Waals surface area (Å²) in [5, 5.41) is 11.7. The van der Waals surface area contributed by atoms with Crippen LogP contribution in [-0.4, -0.2) is 120 Å². The van der Waals surface area contributed by atoms with Crippen molar-refractivity contribution in [3.63, 3.8) is 0 Å². The van der Waals surface area contributed by atoms with Gasteiger partial charge in [0.1, 0.15) is 11.4 Å². The van der Waals surface area contributed by atoms with E-state index in [-0.39, 0.29) is 31.6 Å². The first-order chi connectivity index (χ1) is 21.8. The molecule has 0 radical (unpaired) electrons. The second kappa shape index (κ2) is 18.6. The van der Waals surface area contributed by atoms with Crippen LogP contribution in [0.4, 0.5) is 25.2 Å². The third-order valence-electron chi connectivity index (χ3n) is 5.99. The quantitative estimate of drug-likeness (QED) is 0.0929. The molecule has 0 saturated carbocycles. The maximum Gasteiger partial charge on any atom is 3.00 e. The van der Waals surface area contributed by atoms with Gasteiger partial charge in [-0.15, -0.1) is 0 Å². The smallest absolute Gasteiger partial charge is 3.00 e. The zero-order chi connectivity index (χ0) is 35.2. The maximum atomic E-state index is 11.7. The predicted molar refractivity (Wildman–Crippen MR) is 180 cm³/mol. The molecule has 0 atom stereocenters. The van der Waals surface area contributed by atoms with E-state index in [1.165, 1.54) is 49.1 Å². The van der Waals surface area contributed by atoms with E-state index in [1.807, 2.05) is 9.80 Å². The van der Waals surface area contributed by atoms with E-state index in [0.717, 1.165) is 51.9 Å². The summed E-state index contributed by atoms with van der Waals surface area (Å²) in [6, 6.07) is 0.